The molecule has 0 fully saturated rings. The van der Waals surface area contributed by atoms with Gasteiger partial charge >= 0.3 is 0 Å². The van der Waals surface area contributed by atoms with E-state index in [2.05, 4.69) is 6.92 Å². The fraction of sp³-hybridized carbons (Fsp3) is 0.500. The molecule has 0 aromatic heterocycles. The molecule has 1 N–H and O–H groups in total. The zero-order chi connectivity index (χ0) is 18.8. The Morgan fingerprint density at radius 2 is 1.81 bits per heavy atom. The van der Waals surface area contributed by atoms with E-state index in [1.54, 1.807) is 31.4 Å². The fourth-order valence-electron chi connectivity index (χ4n) is 3.07. The smallest absolute Gasteiger partial charge is 0.195 e. The lowest BCUT2D eigenvalue weighted by Gasteiger charge is -2.31. The van der Waals surface area contributed by atoms with Crippen LogP contribution in [0.3, 0.4) is 0 Å². The summed E-state index contributed by atoms with van der Waals surface area (Å²) in [6.45, 7) is 2.76. The van der Waals surface area contributed by atoms with Crippen molar-refractivity contribution in [3.05, 3.63) is 53.6 Å². The first-order chi connectivity index (χ1) is 12.6. The number of ether oxygens (including phenoxy) is 2. The number of ketones is 1. The summed E-state index contributed by atoms with van der Waals surface area (Å²) in [5.41, 5.74) is 0.922. The summed E-state index contributed by atoms with van der Waals surface area (Å²) < 4.78 is 11.4. The van der Waals surface area contributed by atoms with Crippen molar-refractivity contribution in [2.24, 2.45) is 0 Å². The maximum Gasteiger partial charge on any atom is 0.195 e. The van der Waals surface area contributed by atoms with Crippen molar-refractivity contribution in [1.29, 1.82) is 0 Å². The summed E-state index contributed by atoms with van der Waals surface area (Å²) in [7, 11) is 1.55. The first-order valence-corrected chi connectivity index (χ1v) is 9.52. The molecule has 0 spiro atoms. The zero-order valence-corrected chi connectivity index (χ0v) is 15.9. The third kappa shape index (κ3) is 5.55. The molecule has 0 bridgehead atoms. The molecule has 0 heterocycles. The van der Waals surface area contributed by atoms with Gasteiger partial charge < -0.3 is 14.6 Å². The van der Waals surface area contributed by atoms with E-state index in [1.807, 2.05) is 18.2 Å². The third-order valence-corrected chi connectivity index (χ3v) is 4.70. The maximum absolute atomic E-state index is 12.6. The van der Waals surface area contributed by atoms with Crippen molar-refractivity contribution in [2.45, 2.75) is 57.7 Å². The molecule has 1 aromatic rings. The van der Waals surface area contributed by atoms with Gasteiger partial charge in [-0.15, -0.1) is 0 Å². The molecule has 1 unspecified atom stereocenters. The fourth-order valence-corrected chi connectivity index (χ4v) is 3.07. The average Bonchev–Trinajstić information content (AvgIpc) is 2.67. The van der Waals surface area contributed by atoms with Gasteiger partial charge in [0.05, 0.1) is 18.6 Å². The number of benzene rings is 1. The number of hydrogen-bond acceptors (Lipinski definition) is 4. The normalized spacial score (nSPS) is 21.8. The number of allylic oxidation sites excluding steroid dienone is 2. The number of aliphatic hydroxyl groups excluding tert-OH is 1. The highest BCUT2D eigenvalue weighted by atomic mass is 16.7. The van der Waals surface area contributed by atoms with Crippen LogP contribution < -0.4 is 0 Å². The van der Waals surface area contributed by atoms with Gasteiger partial charge in [0.2, 0.25) is 0 Å². The van der Waals surface area contributed by atoms with Crippen LogP contribution in [0.5, 0.6) is 0 Å². The molecule has 1 aliphatic carbocycles. The van der Waals surface area contributed by atoms with Gasteiger partial charge in [-0.2, -0.15) is 0 Å². The first kappa shape index (κ1) is 20.4. The second kappa shape index (κ2) is 10.3. The molecule has 0 saturated heterocycles. The summed E-state index contributed by atoms with van der Waals surface area (Å²) in [6.07, 6.45) is 10.5. The van der Waals surface area contributed by atoms with Crippen LogP contribution in [-0.2, 0) is 14.3 Å². The lowest BCUT2D eigenvalue weighted by Crippen LogP contribution is -2.38. The van der Waals surface area contributed by atoms with Gasteiger partial charge in [0, 0.05) is 12.7 Å². The second-order valence-corrected chi connectivity index (χ2v) is 6.69. The van der Waals surface area contributed by atoms with E-state index in [4.69, 9.17) is 9.47 Å². The molecule has 26 heavy (non-hydrogen) atoms. The maximum atomic E-state index is 12.6. The number of aliphatic hydroxyl groups is 1. The van der Waals surface area contributed by atoms with E-state index in [9.17, 15) is 9.90 Å². The summed E-state index contributed by atoms with van der Waals surface area (Å²) in [5, 5.41) is 10.4. The highest BCUT2D eigenvalue weighted by Gasteiger charge is 2.36. The average molecular weight is 358 g/mol. The Bertz CT molecular complexity index is 633. The molecule has 1 aromatic carbocycles. The molecule has 4 nitrogen and oxygen atoms in total. The number of rotatable bonds is 10. The van der Waals surface area contributed by atoms with Gasteiger partial charge in [-0.25, -0.2) is 0 Å². The Labute approximate surface area is 156 Å². The number of Topliss-reactive ketones (excluding diaryl/α,β-unsaturated/α-hetero) is 1. The number of carbonyl (C=O) groups excluding carboxylic acids is 1. The molecule has 2 rings (SSSR count). The summed E-state index contributed by atoms with van der Waals surface area (Å²) >= 11 is 0. The van der Waals surface area contributed by atoms with E-state index in [1.165, 1.54) is 25.7 Å². The van der Waals surface area contributed by atoms with Crippen molar-refractivity contribution in [1.82, 2.24) is 0 Å². The molecule has 0 aliphatic heterocycles. The Morgan fingerprint density at radius 3 is 2.46 bits per heavy atom. The SMILES string of the molecule is CCCCCCCCOC1(OC)C=CC(=C(O)c2ccccc2)C(=O)C1. The van der Waals surface area contributed by atoms with E-state index in [-0.39, 0.29) is 18.0 Å². The minimum absolute atomic E-state index is 0.00697. The molecule has 0 saturated carbocycles. The summed E-state index contributed by atoms with van der Waals surface area (Å²) in [6, 6.07) is 9.07. The predicted octanol–water partition coefficient (Wildman–Crippen LogP) is 5.20. The lowest BCUT2D eigenvalue weighted by atomic mass is 9.93. The van der Waals surface area contributed by atoms with Crippen LogP contribution >= 0.6 is 0 Å². The molecule has 4 heteroatoms. The molecular formula is C22H30O4. The number of carbonyl (C=O) groups is 1. The zero-order valence-electron chi connectivity index (χ0n) is 15.9. The monoisotopic (exact) mass is 358 g/mol. The van der Waals surface area contributed by atoms with Crippen LogP contribution in [0.1, 0.15) is 57.4 Å². The van der Waals surface area contributed by atoms with Crippen LogP contribution in [-0.4, -0.2) is 30.4 Å². The van der Waals surface area contributed by atoms with Crippen molar-refractivity contribution < 1.29 is 19.4 Å². The highest BCUT2D eigenvalue weighted by molar-refractivity contribution is 6.05. The van der Waals surface area contributed by atoms with E-state index >= 15 is 0 Å². The molecule has 1 aliphatic rings. The Hall–Kier alpha value is -1.91. The minimum atomic E-state index is -1.03. The molecule has 0 radical (unpaired) electrons. The van der Waals surface area contributed by atoms with Gasteiger partial charge in [-0.05, 0) is 18.6 Å². The van der Waals surface area contributed by atoms with Gasteiger partial charge in [-0.1, -0.05) is 69.4 Å². The van der Waals surface area contributed by atoms with Crippen molar-refractivity contribution >= 4 is 11.5 Å². The van der Waals surface area contributed by atoms with Crippen molar-refractivity contribution in [3.8, 4) is 0 Å². The number of unbranched alkanes of at least 4 members (excludes halogenated alkanes) is 5. The molecule has 142 valence electrons. The predicted molar refractivity (Wildman–Crippen MR) is 104 cm³/mol. The van der Waals surface area contributed by atoms with Crippen molar-refractivity contribution in [3.63, 3.8) is 0 Å². The Balaban J connectivity index is 1.97. The lowest BCUT2D eigenvalue weighted by molar-refractivity contribution is -0.194. The van der Waals surface area contributed by atoms with Gasteiger partial charge in [0.1, 0.15) is 5.76 Å². The highest BCUT2D eigenvalue weighted by Crippen LogP contribution is 2.30. The minimum Gasteiger partial charge on any atom is -0.507 e. The third-order valence-electron chi connectivity index (χ3n) is 4.70. The quantitative estimate of drug-likeness (QED) is 0.270. The van der Waals surface area contributed by atoms with Crippen LogP contribution in [0.15, 0.2) is 48.1 Å². The van der Waals surface area contributed by atoms with E-state index in [0.29, 0.717) is 17.7 Å². The van der Waals surface area contributed by atoms with Gasteiger partial charge in [0.15, 0.2) is 11.6 Å². The van der Waals surface area contributed by atoms with Crippen LogP contribution in [0.4, 0.5) is 0 Å². The number of hydrogen-bond donors (Lipinski definition) is 1. The number of methoxy groups -OCH3 is 1. The Kier molecular flexibility index (Phi) is 8.07. The Morgan fingerprint density at radius 1 is 1.12 bits per heavy atom. The van der Waals surface area contributed by atoms with E-state index < -0.39 is 5.79 Å². The molecular weight excluding hydrogens is 328 g/mol. The summed E-state index contributed by atoms with van der Waals surface area (Å²) in [5.74, 6) is -1.22. The standard InChI is InChI=1S/C22H30O4/c1-3-4-5-6-7-11-16-26-22(25-2)15-14-19(20(23)17-22)21(24)18-12-9-8-10-13-18/h8-10,12-15,24H,3-7,11,16-17H2,1-2H3. The molecule has 0 amide bonds. The van der Waals surface area contributed by atoms with Gasteiger partial charge in [0.25, 0.3) is 0 Å². The summed E-state index contributed by atoms with van der Waals surface area (Å²) in [4.78, 5) is 12.6. The topological polar surface area (TPSA) is 55.8 Å². The van der Waals surface area contributed by atoms with Crippen LogP contribution in [0.25, 0.3) is 5.76 Å². The van der Waals surface area contributed by atoms with E-state index in [0.717, 1.165) is 12.8 Å². The van der Waals surface area contributed by atoms with Crippen LogP contribution in [0.2, 0.25) is 0 Å². The molecule has 1 atom stereocenters. The largest absolute Gasteiger partial charge is 0.507 e. The first-order valence-electron chi connectivity index (χ1n) is 9.52. The van der Waals surface area contributed by atoms with Crippen LogP contribution in [0, 0.1) is 0 Å². The second-order valence-electron chi connectivity index (χ2n) is 6.69. The van der Waals surface area contributed by atoms with Gasteiger partial charge in [-0.3, -0.25) is 4.79 Å². The van der Waals surface area contributed by atoms with Crippen molar-refractivity contribution in [2.75, 3.05) is 13.7 Å².